The fraction of sp³-hybridized carbons (Fsp3) is 0.488. The normalized spacial score (nSPS) is 23.4. The van der Waals surface area contributed by atoms with Gasteiger partial charge < -0.3 is 29.6 Å². The van der Waals surface area contributed by atoms with E-state index < -0.39 is 0 Å². The van der Waals surface area contributed by atoms with E-state index in [0.29, 0.717) is 31.8 Å². The van der Waals surface area contributed by atoms with Crippen LogP contribution in [0.2, 0.25) is 0 Å². The quantitative estimate of drug-likeness (QED) is 0.247. The van der Waals surface area contributed by atoms with Gasteiger partial charge in [0.15, 0.2) is 0 Å². The molecule has 5 fully saturated rings. The predicted octanol–water partition coefficient (Wildman–Crippen LogP) is 3.97. The van der Waals surface area contributed by atoms with E-state index in [2.05, 4.69) is 35.0 Å². The maximum absolute atomic E-state index is 13.4. The summed E-state index contributed by atoms with van der Waals surface area (Å²) in [7, 11) is 0. The number of nitrogens with zero attached hydrogens (tertiary/aromatic N) is 6. The summed E-state index contributed by atoms with van der Waals surface area (Å²) in [5, 5.41) is 3.30. The summed E-state index contributed by atoms with van der Waals surface area (Å²) in [5.41, 5.74) is 5.21. The molecule has 3 aromatic heterocycles. The van der Waals surface area contributed by atoms with Crippen LogP contribution in [0.5, 0.6) is 0 Å². The summed E-state index contributed by atoms with van der Waals surface area (Å²) < 4.78 is 12.1. The van der Waals surface area contributed by atoms with E-state index in [1.165, 1.54) is 0 Å². The number of carbonyl (C=O) groups excluding carboxylic acids is 2. The molecule has 2 N–H and O–H groups in total. The number of ether oxygens (including phenoxy) is 2. The van der Waals surface area contributed by atoms with Crippen molar-refractivity contribution in [2.45, 2.75) is 63.3 Å². The lowest BCUT2D eigenvalue weighted by Gasteiger charge is -2.54. The first-order valence-corrected chi connectivity index (χ1v) is 19.4. The van der Waals surface area contributed by atoms with Gasteiger partial charge in [-0.3, -0.25) is 24.4 Å². The fourth-order valence-corrected chi connectivity index (χ4v) is 8.39. The highest BCUT2D eigenvalue weighted by molar-refractivity contribution is 5.93. The highest BCUT2D eigenvalue weighted by atomic mass is 16.6. The van der Waals surface area contributed by atoms with Crippen LogP contribution in [0.25, 0.3) is 11.0 Å². The van der Waals surface area contributed by atoms with Gasteiger partial charge in [0.25, 0.3) is 11.5 Å². The van der Waals surface area contributed by atoms with Gasteiger partial charge in [-0.1, -0.05) is 37.3 Å². The second-order valence-electron chi connectivity index (χ2n) is 15.4. The zero-order valence-corrected chi connectivity index (χ0v) is 31.1. The van der Waals surface area contributed by atoms with Gasteiger partial charge in [0.1, 0.15) is 12.3 Å². The number of piperazine rings is 2. The van der Waals surface area contributed by atoms with E-state index in [-0.39, 0.29) is 35.3 Å². The van der Waals surface area contributed by atoms with Gasteiger partial charge in [0.2, 0.25) is 0 Å². The smallest absolute Gasteiger partial charge is 0.410 e. The molecular weight excluding hydrogens is 685 g/mol. The molecule has 0 spiro atoms. The van der Waals surface area contributed by atoms with E-state index in [0.717, 1.165) is 111 Å². The van der Waals surface area contributed by atoms with Crippen LogP contribution in [0, 0.1) is 0 Å². The maximum Gasteiger partial charge on any atom is 0.410 e. The Kier molecular flexibility index (Phi) is 10.4. The lowest BCUT2D eigenvalue weighted by Crippen LogP contribution is -2.66. The molecule has 1 aromatic carbocycles. The number of H-pyrrole nitrogens is 1. The van der Waals surface area contributed by atoms with Crippen LogP contribution >= 0.6 is 0 Å². The second-order valence-corrected chi connectivity index (χ2v) is 15.4. The van der Waals surface area contributed by atoms with Crippen molar-refractivity contribution in [2.24, 2.45) is 0 Å². The second kappa shape index (κ2) is 15.5. The van der Waals surface area contributed by atoms with Crippen LogP contribution < -0.4 is 15.8 Å². The Hall–Kier alpha value is -4.85. The van der Waals surface area contributed by atoms with Crippen LogP contribution in [0.3, 0.4) is 0 Å². The fourth-order valence-electron chi connectivity index (χ4n) is 8.39. The monoisotopic (exact) mass is 734 g/mol. The molecule has 1 aliphatic carbocycles. The number of hydrogen-bond donors (Lipinski definition) is 2. The molecule has 0 atom stereocenters. The highest BCUT2D eigenvalue weighted by Crippen LogP contribution is 2.44. The number of carbonyl (C=O) groups is 2. The lowest BCUT2D eigenvalue weighted by molar-refractivity contribution is -0.170. The number of anilines is 1. The summed E-state index contributed by atoms with van der Waals surface area (Å²) in [6.45, 7) is 10.7. The predicted molar refractivity (Wildman–Crippen MR) is 205 cm³/mol. The summed E-state index contributed by atoms with van der Waals surface area (Å²) in [6, 6.07) is 17.5. The van der Waals surface area contributed by atoms with Gasteiger partial charge in [0.05, 0.1) is 40.7 Å². The van der Waals surface area contributed by atoms with Gasteiger partial charge in [-0.25, -0.2) is 9.78 Å². The van der Waals surface area contributed by atoms with Crippen molar-refractivity contribution in [3.8, 4) is 0 Å². The average Bonchev–Trinajstić information content (AvgIpc) is 3.21. The molecule has 0 radical (unpaired) electrons. The SMILES string of the molecule is CCc1cc2ncc(CN3CCN(c4ccc(C(=O)NC56CCC(CN7CCN(C(=O)OCc8ccccc8)CC7)(CC5)OC6)nc4)CC3)cc2[nH]c1=O. The number of benzene rings is 1. The van der Waals surface area contributed by atoms with Crippen LogP contribution in [0.4, 0.5) is 10.5 Å². The van der Waals surface area contributed by atoms with Crippen LogP contribution in [0.15, 0.2) is 71.8 Å². The number of aromatic amines is 1. The first-order chi connectivity index (χ1) is 26.3. The Balaban J connectivity index is 0.769. The number of rotatable bonds is 10. The molecule has 284 valence electrons. The van der Waals surface area contributed by atoms with Gasteiger partial charge in [-0.2, -0.15) is 0 Å². The molecule has 9 rings (SSSR count). The van der Waals surface area contributed by atoms with Crippen molar-refractivity contribution in [1.29, 1.82) is 0 Å². The summed E-state index contributed by atoms with van der Waals surface area (Å²) in [5.74, 6) is -0.157. The standard InChI is InChI=1S/C41H50N8O5/c1-2-32-23-35-36(44-37(32)50)22-31(24-42-35)26-46-14-18-48(19-15-46)33-8-9-34(43-25-33)38(51)45-40-10-12-41(13-11-40,54-29-40)28-47-16-20-49(21-17-47)39(52)53-27-30-6-4-3-5-7-30/h3-9,22-25H,2,10-21,26-29H2,1H3,(H,44,50)(H,45,51). The first-order valence-electron chi connectivity index (χ1n) is 19.4. The lowest BCUT2D eigenvalue weighted by atomic mass is 9.70. The number of hydrogen-bond acceptors (Lipinski definition) is 10. The molecule has 54 heavy (non-hydrogen) atoms. The maximum atomic E-state index is 13.4. The highest BCUT2D eigenvalue weighted by Gasteiger charge is 2.51. The minimum atomic E-state index is -0.370. The third-order valence-electron chi connectivity index (χ3n) is 11.8. The average molecular weight is 735 g/mol. The van der Waals surface area contributed by atoms with E-state index in [1.807, 2.05) is 73.9 Å². The Morgan fingerprint density at radius 2 is 1.63 bits per heavy atom. The van der Waals surface area contributed by atoms with E-state index >= 15 is 0 Å². The molecule has 4 aromatic rings. The van der Waals surface area contributed by atoms with Crippen LogP contribution in [0.1, 0.15) is 59.8 Å². The Morgan fingerprint density at radius 1 is 0.870 bits per heavy atom. The minimum absolute atomic E-state index is 0.0437. The summed E-state index contributed by atoms with van der Waals surface area (Å²) >= 11 is 0. The number of nitrogens with one attached hydrogen (secondary N) is 2. The van der Waals surface area contributed by atoms with Crippen LogP contribution in [-0.2, 0) is 29.0 Å². The van der Waals surface area contributed by atoms with Crippen molar-refractivity contribution >= 4 is 28.7 Å². The van der Waals surface area contributed by atoms with E-state index in [1.54, 1.807) is 4.90 Å². The Labute approximate surface area is 315 Å². The van der Waals surface area contributed by atoms with Crippen molar-refractivity contribution in [2.75, 3.05) is 70.4 Å². The number of aromatic nitrogens is 3. The number of pyridine rings is 3. The molecular formula is C41H50N8O5. The van der Waals surface area contributed by atoms with Gasteiger partial charge >= 0.3 is 6.09 Å². The van der Waals surface area contributed by atoms with Crippen molar-refractivity contribution in [3.05, 3.63) is 99.7 Å². The zero-order chi connectivity index (χ0) is 37.1. The number of aryl methyl sites for hydroxylation is 1. The van der Waals surface area contributed by atoms with Crippen molar-refractivity contribution < 1.29 is 19.1 Å². The largest absolute Gasteiger partial charge is 0.445 e. The number of fused-ring (bicyclic) bond motifs is 4. The Bertz CT molecular complexity index is 1980. The summed E-state index contributed by atoms with van der Waals surface area (Å²) in [6.07, 6.45) is 7.67. The molecule has 4 saturated heterocycles. The van der Waals surface area contributed by atoms with E-state index in [9.17, 15) is 14.4 Å². The molecule has 13 nitrogen and oxygen atoms in total. The molecule has 2 amide bonds. The minimum Gasteiger partial charge on any atom is -0.445 e. The van der Waals surface area contributed by atoms with E-state index in [4.69, 9.17) is 9.47 Å². The topological polar surface area (TPSA) is 136 Å². The molecule has 0 unspecified atom stereocenters. The molecule has 4 aliphatic heterocycles. The first kappa shape index (κ1) is 36.1. The molecule has 1 saturated carbocycles. The third kappa shape index (κ3) is 7.98. The molecule has 13 heteroatoms. The van der Waals surface area contributed by atoms with Gasteiger partial charge in [-0.15, -0.1) is 0 Å². The molecule has 7 heterocycles. The Morgan fingerprint density at radius 3 is 2.31 bits per heavy atom. The number of amides is 2. The molecule has 2 bridgehead atoms. The van der Waals surface area contributed by atoms with Crippen LogP contribution in [-0.4, -0.2) is 118 Å². The molecule has 5 aliphatic rings. The van der Waals surface area contributed by atoms with Gasteiger partial charge in [-0.05, 0) is 67.5 Å². The van der Waals surface area contributed by atoms with Gasteiger partial charge in [0, 0.05) is 77.2 Å². The van der Waals surface area contributed by atoms with Crippen molar-refractivity contribution in [1.82, 2.24) is 35.0 Å². The van der Waals surface area contributed by atoms with Crippen molar-refractivity contribution in [3.63, 3.8) is 0 Å². The zero-order valence-electron chi connectivity index (χ0n) is 31.1. The summed E-state index contributed by atoms with van der Waals surface area (Å²) in [4.78, 5) is 59.4. The third-order valence-corrected chi connectivity index (χ3v) is 11.8.